The third-order valence-electron chi connectivity index (χ3n) is 1.38. The molecule has 0 aromatic carbocycles. The Kier molecular flexibility index (Phi) is 4.00. The van der Waals surface area contributed by atoms with Crippen LogP contribution in [0.15, 0.2) is 16.7 Å². The lowest BCUT2D eigenvalue weighted by molar-refractivity contribution is 0.230. The second-order valence-electron chi connectivity index (χ2n) is 2.92. The zero-order valence-electron chi connectivity index (χ0n) is 7.55. The van der Waals surface area contributed by atoms with E-state index in [9.17, 15) is 0 Å². The maximum Gasteiger partial charge on any atom is 0.218 e. The minimum Gasteiger partial charge on any atom is -0.475 e. The molecule has 1 rings (SSSR count). The quantitative estimate of drug-likeness (QED) is 0.781. The van der Waals surface area contributed by atoms with E-state index in [0.29, 0.717) is 11.8 Å². The second-order valence-corrected chi connectivity index (χ2v) is 4.10. The Balaban J connectivity index is 2.92. The number of rotatable bonds is 3. The van der Waals surface area contributed by atoms with Crippen molar-refractivity contribution in [1.82, 2.24) is 4.98 Å². The highest BCUT2D eigenvalue weighted by atomic mass is 79.9. The normalized spacial score (nSPS) is 10.5. The van der Waals surface area contributed by atoms with E-state index in [0.717, 1.165) is 10.0 Å². The van der Waals surface area contributed by atoms with Crippen LogP contribution in [-0.2, 0) is 5.88 Å². The Hall–Kier alpha value is -0.280. The third kappa shape index (κ3) is 3.16. The summed E-state index contributed by atoms with van der Waals surface area (Å²) in [5, 5.41) is 0. The molecule has 1 aromatic heterocycles. The number of alkyl halides is 1. The summed E-state index contributed by atoms with van der Waals surface area (Å²) in [5.41, 5.74) is 0.907. The monoisotopic (exact) mass is 263 g/mol. The fourth-order valence-electron chi connectivity index (χ4n) is 0.894. The van der Waals surface area contributed by atoms with Crippen LogP contribution in [0.25, 0.3) is 0 Å². The summed E-state index contributed by atoms with van der Waals surface area (Å²) in [4.78, 5) is 4.14. The van der Waals surface area contributed by atoms with E-state index < -0.39 is 0 Å². The van der Waals surface area contributed by atoms with Crippen LogP contribution in [0.3, 0.4) is 0 Å². The molecule has 0 radical (unpaired) electrons. The van der Waals surface area contributed by atoms with Crippen molar-refractivity contribution in [3.63, 3.8) is 0 Å². The summed E-state index contributed by atoms with van der Waals surface area (Å²) in [7, 11) is 0. The van der Waals surface area contributed by atoms with Gasteiger partial charge in [0.25, 0.3) is 0 Å². The second kappa shape index (κ2) is 4.82. The van der Waals surface area contributed by atoms with Crippen molar-refractivity contribution in [1.29, 1.82) is 0 Å². The molecule has 1 aromatic rings. The van der Waals surface area contributed by atoms with Crippen LogP contribution in [0.2, 0.25) is 0 Å². The van der Waals surface area contributed by atoms with Gasteiger partial charge >= 0.3 is 0 Å². The standard InChI is InChI=1S/C9H11BrClNO/c1-6(2)13-9-7(4-11)3-8(10)5-12-9/h3,5-6H,4H2,1-2H3. The molecule has 4 heteroatoms. The maximum absolute atomic E-state index is 5.75. The van der Waals surface area contributed by atoms with Gasteiger partial charge in [0, 0.05) is 16.2 Å². The molecule has 0 bridgehead atoms. The average Bonchev–Trinajstić information content (AvgIpc) is 2.07. The molecular formula is C9H11BrClNO. The number of hydrogen-bond donors (Lipinski definition) is 0. The summed E-state index contributed by atoms with van der Waals surface area (Å²) in [6, 6.07) is 1.91. The van der Waals surface area contributed by atoms with E-state index in [1.807, 2.05) is 19.9 Å². The maximum atomic E-state index is 5.75. The lowest BCUT2D eigenvalue weighted by atomic mass is 10.3. The van der Waals surface area contributed by atoms with Gasteiger partial charge < -0.3 is 4.74 Å². The van der Waals surface area contributed by atoms with Crippen molar-refractivity contribution in [2.45, 2.75) is 25.8 Å². The third-order valence-corrected chi connectivity index (χ3v) is 2.10. The van der Waals surface area contributed by atoms with Gasteiger partial charge in [0.05, 0.1) is 12.0 Å². The zero-order chi connectivity index (χ0) is 9.84. The number of aromatic nitrogens is 1. The lowest BCUT2D eigenvalue weighted by Gasteiger charge is -2.11. The highest BCUT2D eigenvalue weighted by Gasteiger charge is 2.06. The van der Waals surface area contributed by atoms with Crippen molar-refractivity contribution in [2.24, 2.45) is 0 Å². The van der Waals surface area contributed by atoms with Crippen molar-refractivity contribution in [2.75, 3.05) is 0 Å². The Morgan fingerprint density at radius 3 is 2.85 bits per heavy atom. The summed E-state index contributed by atoms with van der Waals surface area (Å²) in [6.45, 7) is 3.92. The molecule has 0 amide bonds. The molecule has 72 valence electrons. The topological polar surface area (TPSA) is 22.1 Å². The van der Waals surface area contributed by atoms with Gasteiger partial charge in [-0.05, 0) is 35.8 Å². The van der Waals surface area contributed by atoms with E-state index in [4.69, 9.17) is 16.3 Å². The van der Waals surface area contributed by atoms with E-state index in [1.54, 1.807) is 6.20 Å². The molecule has 13 heavy (non-hydrogen) atoms. The van der Waals surface area contributed by atoms with Crippen molar-refractivity contribution < 1.29 is 4.74 Å². The summed E-state index contributed by atoms with van der Waals surface area (Å²) in [6.07, 6.45) is 1.82. The van der Waals surface area contributed by atoms with Crippen LogP contribution in [0.5, 0.6) is 5.88 Å². The SMILES string of the molecule is CC(C)Oc1ncc(Br)cc1CCl. The first-order valence-corrected chi connectivity index (χ1v) is 5.33. The molecule has 0 N–H and O–H groups in total. The highest BCUT2D eigenvalue weighted by molar-refractivity contribution is 9.10. The van der Waals surface area contributed by atoms with Crippen LogP contribution in [0, 0.1) is 0 Å². The Morgan fingerprint density at radius 2 is 2.31 bits per heavy atom. The average molecular weight is 265 g/mol. The van der Waals surface area contributed by atoms with Crippen molar-refractivity contribution in [3.8, 4) is 5.88 Å². The molecule has 0 aliphatic heterocycles. The number of nitrogens with zero attached hydrogens (tertiary/aromatic N) is 1. The van der Waals surface area contributed by atoms with Gasteiger partial charge in [-0.2, -0.15) is 0 Å². The lowest BCUT2D eigenvalue weighted by Crippen LogP contribution is -2.08. The molecule has 0 aliphatic rings. The Morgan fingerprint density at radius 1 is 1.62 bits per heavy atom. The van der Waals surface area contributed by atoms with Gasteiger partial charge in [-0.25, -0.2) is 4.98 Å². The highest BCUT2D eigenvalue weighted by Crippen LogP contribution is 2.22. The molecule has 0 spiro atoms. The van der Waals surface area contributed by atoms with Crippen LogP contribution in [0.1, 0.15) is 19.4 Å². The van der Waals surface area contributed by atoms with Crippen molar-refractivity contribution >= 4 is 27.5 Å². The minimum absolute atomic E-state index is 0.121. The minimum atomic E-state index is 0.121. The number of hydrogen-bond acceptors (Lipinski definition) is 2. The van der Waals surface area contributed by atoms with E-state index in [1.165, 1.54) is 0 Å². The number of halogens is 2. The predicted octanol–water partition coefficient (Wildman–Crippen LogP) is 3.37. The smallest absolute Gasteiger partial charge is 0.218 e. The Bertz CT molecular complexity index is 291. The van der Waals surface area contributed by atoms with Gasteiger partial charge in [-0.1, -0.05) is 0 Å². The van der Waals surface area contributed by atoms with Crippen LogP contribution in [-0.4, -0.2) is 11.1 Å². The molecule has 1 heterocycles. The first-order chi connectivity index (χ1) is 6.13. The zero-order valence-corrected chi connectivity index (χ0v) is 9.89. The summed E-state index contributed by atoms with van der Waals surface area (Å²) in [5.74, 6) is 1.03. The van der Waals surface area contributed by atoms with E-state index in [2.05, 4.69) is 20.9 Å². The molecule has 2 nitrogen and oxygen atoms in total. The van der Waals surface area contributed by atoms with Gasteiger partial charge in [0.15, 0.2) is 0 Å². The van der Waals surface area contributed by atoms with Gasteiger partial charge in [0.2, 0.25) is 5.88 Å². The van der Waals surface area contributed by atoms with Crippen LogP contribution < -0.4 is 4.74 Å². The van der Waals surface area contributed by atoms with Gasteiger partial charge in [-0.3, -0.25) is 0 Å². The van der Waals surface area contributed by atoms with Crippen LogP contribution >= 0.6 is 27.5 Å². The van der Waals surface area contributed by atoms with Gasteiger partial charge in [0.1, 0.15) is 0 Å². The molecule has 0 saturated heterocycles. The van der Waals surface area contributed by atoms with E-state index in [-0.39, 0.29) is 6.10 Å². The molecule has 0 aliphatic carbocycles. The van der Waals surface area contributed by atoms with Crippen LogP contribution in [0.4, 0.5) is 0 Å². The molecule has 0 saturated carbocycles. The fraction of sp³-hybridized carbons (Fsp3) is 0.444. The summed E-state index contributed by atoms with van der Waals surface area (Å²) >= 11 is 9.07. The molecule has 0 fully saturated rings. The molecule has 0 atom stereocenters. The van der Waals surface area contributed by atoms with Gasteiger partial charge in [-0.15, -0.1) is 11.6 Å². The van der Waals surface area contributed by atoms with E-state index >= 15 is 0 Å². The summed E-state index contributed by atoms with van der Waals surface area (Å²) < 4.78 is 6.39. The predicted molar refractivity (Wildman–Crippen MR) is 57.3 cm³/mol. The Labute approximate surface area is 91.4 Å². The first-order valence-electron chi connectivity index (χ1n) is 4.00. The number of ether oxygens (including phenoxy) is 1. The largest absolute Gasteiger partial charge is 0.475 e. The van der Waals surface area contributed by atoms with Crippen molar-refractivity contribution in [3.05, 3.63) is 22.3 Å². The molecular weight excluding hydrogens is 253 g/mol. The first kappa shape index (κ1) is 10.8. The molecule has 0 unspecified atom stereocenters. The fourth-order valence-corrected chi connectivity index (χ4v) is 1.46. The number of pyridine rings is 1.